The third-order valence-corrected chi connectivity index (χ3v) is 4.34. The zero-order valence-corrected chi connectivity index (χ0v) is 14.3. The second-order valence-corrected chi connectivity index (χ2v) is 9.78. The minimum atomic E-state index is -2.23. The molecule has 116 valence electrons. The first-order chi connectivity index (χ1) is 10.5. The average molecular weight is 426 g/mol. The summed E-state index contributed by atoms with van der Waals surface area (Å²) in [6, 6.07) is 14.3. The third kappa shape index (κ3) is 4.20. The molecule has 2 aromatic rings. The van der Waals surface area contributed by atoms with Gasteiger partial charge in [-0.3, -0.25) is 0 Å². The van der Waals surface area contributed by atoms with Gasteiger partial charge in [-0.15, -0.1) is 0 Å². The van der Waals surface area contributed by atoms with Gasteiger partial charge in [-0.05, 0) is 0 Å². The molecule has 0 aliphatic rings. The topological polar surface area (TPSA) is 63.4 Å². The molecule has 0 saturated carbocycles. The van der Waals surface area contributed by atoms with Crippen LogP contribution in [0.3, 0.4) is 0 Å². The molecule has 0 spiro atoms. The van der Waals surface area contributed by atoms with E-state index in [2.05, 4.69) is 0 Å². The monoisotopic (exact) mass is 426 g/mol. The summed E-state index contributed by atoms with van der Waals surface area (Å²) in [6.07, 6.45) is 0. The van der Waals surface area contributed by atoms with E-state index in [-0.39, 0.29) is 11.6 Å². The molecule has 2 aromatic carbocycles. The molecule has 0 aliphatic heterocycles. The van der Waals surface area contributed by atoms with E-state index in [1.807, 2.05) is 6.07 Å². The van der Waals surface area contributed by atoms with Crippen molar-refractivity contribution in [2.45, 2.75) is 0 Å². The van der Waals surface area contributed by atoms with Crippen LogP contribution < -0.4 is 4.90 Å². The Morgan fingerprint density at radius 2 is 1.68 bits per heavy atom. The van der Waals surface area contributed by atoms with Gasteiger partial charge in [-0.25, -0.2) is 0 Å². The number of nitro groups is 1. The van der Waals surface area contributed by atoms with Crippen molar-refractivity contribution in [1.29, 1.82) is 0 Å². The maximum atomic E-state index is 12.6. The molecule has 2 rings (SSSR count). The van der Waals surface area contributed by atoms with E-state index in [0.29, 0.717) is 11.3 Å². The molecule has 1 amide bonds. The SMILES string of the molecule is O=C(c1ccc([N+](=O)[O-])cc1)N([CH]=[Ru]([Cl])[Cl])c1ccccc1. The van der Waals surface area contributed by atoms with Crippen LogP contribution in [0.4, 0.5) is 11.4 Å². The molecule has 0 atom stereocenters. The number of carbonyl (C=O) groups excluding carboxylic acids is 1. The first-order valence-electron chi connectivity index (χ1n) is 5.95. The number of hydrogen-bond acceptors (Lipinski definition) is 3. The molecule has 0 bridgehead atoms. The number of anilines is 1. The van der Waals surface area contributed by atoms with Crippen LogP contribution >= 0.6 is 19.4 Å². The van der Waals surface area contributed by atoms with Crippen LogP contribution in [0.1, 0.15) is 10.4 Å². The van der Waals surface area contributed by atoms with E-state index in [1.54, 1.807) is 24.3 Å². The molecule has 0 aromatic heterocycles. The van der Waals surface area contributed by atoms with Crippen molar-refractivity contribution in [3.63, 3.8) is 0 Å². The fourth-order valence-electron chi connectivity index (χ4n) is 1.73. The molecule has 0 aliphatic carbocycles. The molecule has 0 radical (unpaired) electrons. The number of nitrogens with zero attached hydrogens (tertiary/aromatic N) is 2. The summed E-state index contributed by atoms with van der Waals surface area (Å²) in [5.41, 5.74) is 0.870. The van der Waals surface area contributed by atoms with E-state index < -0.39 is 18.4 Å². The van der Waals surface area contributed by atoms with Gasteiger partial charge in [0.1, 0.15) is 0 Å². The molecule has 0 fully saturated rings. The number of amides is 1. The number of rotatable bonds is 4. The molecule has 0 N–H and O–H groups in total. The molecule has 8 heteroatoms. The van der Waals surface area contributed by atoms with Gasteiger partial charge < -0.3 is 0 Å². The van der Waals surface area contributed by atoms with Gasteiger partial charge >= 0.3 is 140 Å². The summed E-state index contributed by atoms with van der Waals surface area (Å²) < 4.78 is 1.51. The summed E-state index contributed by atoms with van der Waals surface area (Å²) >= 11 is -2.23. The van der Waals surface area contributed by atoms with Crippen LogP contribution in [0, 0.1) is 10.1 Å². The van der Waals surface area contributed by atoms with E-state index in [0.717, 1.165) is 0 Å². The van der Waals surface area contributed by atoms with Crippen molar-refractivity contribution >= 4 is 41.4 Å². The number of benzene rings is 2. The van der Waals surface area contributed by atoms with Gasteiger partial charge in [0.2, 0.25) is 0 Å². The quantitative estimate of drug-likeness (QED) is 0.423. The van der Waals surface area contributed by atoms with Crippen LogP contribution in [0.15, 0.2) is 54.6 Å². The fraction of sp³-hybridized carbons (Fsp3) is 0. The molecule has 0 saturated heterocycles. The Morgan fingerprint density at radius 1 is 1.09 bits per heavy atom. The summed E-state index contributed by atoms with van der Waals surface area (Å²) in [5.74, 6) is -0.346. The van der Waals surface area contributed by atoms with Crippen LogP contribution in [-0.4, -0.2) is 15.6 Å². The normalized spacial score (nSPS) is 10.7. The Morgan fingerprint density at radius 3 is 2.18 bits per heavy atom. The molecular weight excluding hydrogens is 416 g/mol. The van der Waals surface area contributed by atoms with Crippen molar-refractivity contribution in [3.8, 4) is 0 Å². The van der Waals surface area contributed by atoms with Gasteiger partial charge in [-0.2, -0.15) is 0 Å². The second kappa shape index (κ2) is 7.59. The van der Waals surface area contributed by atoms with Crippen LogP contribution in [0.25, 0.3) is 0 Å². The van der Waals surface area contributed by atoms with Crippen molar-refractivity contribution < 1.29 is 23.2 Å². The second-order valence-electron chi connectivity index (χ2n) is 4.11. The van der Waals surface area contributed by atoms with E-state index in [4.69, 9.17) is 19.4 Å². The number of non-ortho nitro benzene ring substituents is 1. The first-order valence-corrected chi connectivity index (χ1v) is 11.4. The van der Waals surface area contributed by atoms with Crippen molar-refractivity contribution in [2.75, 3.05) is 4.90 Å². The molecule has 22 heavy (non-hydrogen) atoms. The van der Waals surface area contributed by atoms with Crippen molar-refractivity contribution in [3.05, 3.63) is 70.3 Å². The summed E-state index contributed by atoms with van der Waals surface area (Å²) in [6.45, 7) is 0. The van der Waals surface area contributed by atoms with Gasteiger partial charge in [-0.1, -0.05) is 0 Å². The molecule has 5 nitrogen and oxygen atoms in total. The number of hydrogen-bond donors (Lipinski definition) is 0. The number of halogens is 2. The summed E-state index contributed by atoms with van der Waals surface area (Å²) in [5, 5.41) is 10.7. The van der Waals surface area contributed by atoms with Crippen molar-refractivity contribution in [1.82, 2.24) is 0 Å². The zero-order chi connectivity index (χ0) is 16.1. The first kappa shape index (κ1) is 16.7. The molecule has 0 heterocycles. The summed E-state index contributed by atoms with van der Waals surface area (Å²) in [7, 11) is 11.8. The summed E-state index contributed by atoms with van der Waals surface area (Å²) in [4.78, 5) is 24.1. The number of carbonyl (C=O) groups is 1. The standard InChI is InChI=1S/C14H10N2O3.2ClH.Ru/c1-15(12-5-3-2-4-6-12)14(17)11-7-9-13(10-8-11)16(18)19;;;/h1-10H;2*1H;/q;;;+2/p-2. The molecule has 0 unspecified atom stereocenters. The average Bonchev–Trinajstić information content (AvgIpc) is 2.52. The maximum absolute atomic E-state index is 12.6. The Kier molecular flexibility index (Phi) is 5.78. The number of nitro benzene ring substituents is 1. The Balaban J connectivity index is 2.37. The van der Waals surface area contributed by atoms with E-state index in [9.17, 15) is 14.9 Å². The van der Waals surface area contributed by atoms with Crippen LogP contribution in [-0.2, 0) is 13.5 Å². The van der Waals surface area contributed by atoms with E-state index in [1.165, 1.54) is 33.9 Å². The van der Waals surface area contributed by atoms with Gasteiger partial charge in [0, 0.05) is 0 Å². The van der Waals surface area contributed by atoms with Crippen LogP contribution in [0.2, 0.25) is 0 Å². The molecular formula is C14H10Cl2N2O3Ru. The Bertz CT molecular complexity index is 717. The zero-order valence-electron chi connectivity index (χ0n) is 11.0. The Labute approximate surface area is 139 Å². The van der Waals surface area contributed by atoms with Crippen LogP contribution in [0.5, 0.6) is 0 Å². The van der Waals surface area contributed by atoms with E-state index >= 15 is 0 Å². The minimum absolute atomic E-state index is 0.0750. The van der Waals surface area contributed by atoms with Gasteiger partial charge in [0.25, 0.3) is 0 Å². The van der Waals surface area contributed by atoms with Gasteiger partial charge in [0.05, 0.1) is 0 Å². The predicted octanol–water partition coefficient (Wildman–Crippen LogP) is 3.93. The number of para-hydroxylation sites is 1. The van der Waals surface area contributed by atoms with Gasteiger partial charge in [0.15, 0.2) is 0 Å². The van der Waals surface area contributed by atoms with Crippen molar-refractivity contribution in [2.24, 2.45) is 0 Å². The third-order valence-electron chi connectivity index (χ3n) is 2.74. The Hall–Kier alpha value is -1.62. The fourth-order valence-corrected chi connectivity index (χ4v) is 3.35. The predicted molar refractivity (Wildman–Crippen MR) is 84.1 cm³/mol.